The van der Waals surface area contributed by atoms with Crippen LogP contribution >= 0.6 is 0 Å². The van der Waals surface area contributed by atoms with Crippen molar-refractivity contribution in [2.75, 3.05) is 19.1 Å². The highest BCUT2D eigenvalue weighted by atomic mass is 16.5. The van der Waals surface area contributed by atoms with Gasteiger partial charge in [0.05, 0.1) is 14.2 Å². The Balaban J connectivity index is 1.62. The Labute approximate surface area is 154 Å². The molecule has 0 spiro atoms. The molecule has 1 heterocycles. The van der Waals surface area contributed by atoms with Gasteiger partial charge in [-0.2, -0.15) is 0 Å². The molecule has 3 aromatic carbocycles. The molecule has 0 saturated heterocycles. The molecule has 3 nitrogen and oxygen atoms in total. The van der Waals surface area contributed by atoms with Crippen LogP contribution < -0.4 is 14.4 Å². The van der Waals surface area contributed by atoms with Gasteiger partial charge in [-0.25, -0.2) is 0 Å². The van der Waals surface area contributed by atoms with Gasteiger partial charge in [0.15, 0.2) is 0 Å². The minimum absolute atomic E-state index is 0.563. The number of hydrogen-bond donors (Lipinski definition) is 0. The van der Waals surface area contributed by atoms with E-state index >= 15 is 0 Å². The third-order valence-electron chi connectivity index (χ3n) is 6.01. The van der Waals surface area contributed by atoms with Crippen LogP contribution in [0.25, 0.3) is 10.8 Å². The quantitative estimate of drug-likeness (QED) is 0.613. The standard InChI is InChI=1S/C23H23NO2/c1-25-18-9-7-15-12-17(8-6-16(15)13-18)24-22-5-3-4-20(22)21-14-19(26-2)10-11-23(21)24/h6-14,20,22H,3-5H2,1-2H3. The van der Waals surface area contributed by atoms with Gasteiger partial charge in [0.25, 0.3) is 0 Å². The molecule has 2 unspecified atom stereocenters. The second kappa shape index (κ2) is 5.94. The Bertz CT molecular complexity index is 981. The Hall–Kier alpha value is -2.68. The second-order valence-corrected chi connectivity index (χ2v) is 7.30. The molecule has 26 heavy (non-hydrogen) atoms. The van der Waals surface area contributed by atoms with E-state index in [-0.39, 0.29) is 0 Å². The van der Waals surface area contributed by atoms with Crippen LogP contribution in [0, 0.1) is 0 Å². The maximum absolute atomic E-state index is 5.48. The second-order valence-electron chi connectivity index (χ2n) is 7.30. The number of fused-ring (bicyclic) bond motifs is 4. The first-order chi connectivity index (χ1) is 12.8. The van der Waals surface area contributed by atoms with Crippen LogP contribution in [-0.4, -0.2) is 20.3 Å². The summed E-state index contributed by atoms with van der Waals surface area (Å²) in [5, 5.41) is 2.46. The van der Waals surface area contributed by atoms with Gasteiger partial charge in [-0.3, -0.25) is 0 Å². The van der Waals surface area contributed by atoms with E-state index in [2.05, 4.69) is 53.4 Å². The van der Waals surface area contributed by atoms with Crippen molar-refractivity contribution in [2.45, 2.75) is 31.2 Å². The molecule has 0 bridgehead atoms. The van der Waals surface area contributed by atoms with Crippen LogP contribution in [0.2, 0.25) is 0 Å². The van der Waals surface area contributed by atoms with Crippen LogP contribution in [0.5, 0.6) is 11.5 Å². The zero-order chi connectivity index (χ0) is 17.7. The molecule has 0 amide bonds. The SMILES string of the molecule is COc1ccc2c(c1)C1CCCC1N2c1ccc2cc(OC)ccc2c1. The summed E-state index contributed by atoms with van der Waals surface area (Å²) in [7, 11) is 3.46. The molecular formula is C23H23NO2. The lowest BCUT2D eigenvalue weighted by Gasteiger charge is -2.27. The van der Waals surface area contributed by atoms with Crippen molar-refractivity contribution in [2.24, 2.45) is 0 Å². The first-order valence-corrected chi connectivity index (χ1v) is 9.33. The van der Waals surface area contributed by atoms with Crippen molar-refractivity contribution in [1.82, 2.24) is 0 Å². The number of rotatable bonds is 3. The lowest BCUT2D eigenvalue weighted by atomic mass is 9.97. The van der Waals surface area contributed by atoms with Gasteiger partial charge in [0, 0.05) is 23.3 Å². The minimum atomic E-state index is 0.563. The highest BCUT2D eigenvalue weighted by Gasteiger charge is 2.42. The summed E-state index contributed by atoms with van der Waals surface area (Å²) in [6.07, 6.45) is 3.82. The zero-order valence-corrected chi connectivity index (χ0v) is 15.2. The van der Waals surface area contributed by atoms with E-state index in [0.717, 1.165) is 11.5 Å². The van der Waals surface area contributed by atoms with Crippen molar-refractivity contribution < 1.29 is 9.47 Å². The van der Waals surface area contributed by atoms with E-state index in [1.807, 2.05) is 6.07 Å². The molecule has 3 aromatic rings. The average molecular weight is 345 g/mol. The van der Waals surface area contributed by atoms with Crippen LogP contribution in [0.1, 0.15) is 30.7 Å². The summed E-state index contributed by atoms with van der Waals surface area (Å²) in [4.78, 5) is 2.55. The fraction of sp³-hybridized carbons (Fsp3) is 0.304. The van der Waals surface area contributed by atoms with E-state index < -0.39 is 0 Å². The fourth-order valence-electron chi connectivity index (χ4n) is 4.79. The molecule has 0 aromatic heterocycles. The first-order valence-electron chi connectivity index (χ1n) is 9.33. The molecule has 2 aliphatic rings. The highest BCUT2D eigenvalue weighted by molar-refractivity contribution is 5.89. The van der Waals surface area contributed by atoms with E-state index in [9.17, 15) is 0 Å². The van der Waals surface area contributed by atoms with Crippen molar-refractivity contribution in [3.63, 3.8) is 0 Å². The Morgan fingerprint density at radius 3 is 2.38 bits per heavy atom. The Morgan fingerprint density at radius 2 is 1.54 bits per heavy atom. The summed E-state index contributed by atoms with van der Waals surface area (Å²) < 4.78 is 10.8. The number of methoxy groups -OCH3 is 2. The molecule has 1 aliphatic carbocycles. The number of benzene rings is 3. The molecular weight excluding hydrogens is 322 g/mol. The van der Waals surface area contributed by atoms with Crippen molar-refractivity contribution in [1.29, 1.82) is 0 Å². The number of anilines is 2. The summed E-state index contributed by atoms with van der Waals surface area (Å²) in [5.41, 5.74) is 4.07. The van der Waals surface area contributed by atoms with Gasteiger partial charge in [-0.05, 0) is 71.6 Å². The molecule has 1 aliphatic heterocycles. The predicted molar refractivity (Wildman–Crippen MR) is 106 cm³/mol. The third-order valence-corrected chi connectivity index (χ3v) is 6.01. The maximum Gasteiger partial charge on any atom is 0.119 e. The third kappa shape index (κ3) is 2.27. The molecule has 1 fully saturated rings. The number of ether oxygens (including phenoxy) is 2. The Morgan fingerprint density at radius 1 is 0.808 bits per heavy atom. The fourth-order valence-corrected chi connectivity index (χ4v) is 4.79. The largest absolute Gasteiger partial charge is 0.497 e. The van der Waals surface area contributed by atoms with Crippen molar-refractivity contribution in [3.8, 4) is 11.5 Å². The van der Waals surface area contributed by atoms with Crippen LogP contribution in [0.15, 0.2) is 54.6 Å². The normalized spacial score (nSPS) is 20.9. The Kier molecular flexibility index (Phi) is 3.56. The van der Waals surface area contributed by atoms with E-state index in [1.165, 1.54) is 47.0 Å². The van der Waals surface area contributed by atoms with Gasteiger partial charge >= 0.3 is 0 Å². The lowest BCUT2D eigenvalue weighted by Crippen LogP contribution is -2.26. The molecule has 3 heteroatoms. The summed E-state index contributed by atoms with van der Waals surface area (Å²) in [6.45, 7) is 0. The maximum atomic E-state index is 5.48. The van der Waals surface area contributed by atoms with Gasteiger partial charge < -0.3 is 14.4 Å². The van der Waals surface area contributed by atoms with Crippen LogP contribution in [0.3, 0.4) is 0 Å². The van der Waals surface area contributed by atoms with E-state index in [1.54, 1.807) is 14.2 Å². The van der Waals surface area contributed by atoms with Crippen LogP contribution in [-0.2, 0) is 0 Å². The first kappa shape index (κ1) is 15.6. The molecule has 132 valence electrons. The molecule has 2 atom stereocenters. The van der Waals surface area contributed by atoms with E-state index in [4.69, 9.17) is 9.47 Å². The van der Waals surface area contributed by atoms with Crippen LogP contribution in [0.4, 0.5) is 11.4 Å². The molecule has 5 rings (SSSR count). The van der Waals surface area contributed by atoms with Crippen molar-refractivity contribution in [3.05, 3.63) is 60.2 Å². The topological polar surface area (TPSA) is 21.7 Å². The van der Waals surface area contributed by atoms with Crippen molar-refractivity contribution >= 4 is 22.1 Å². The number of nitrogens with zero attached hydrogens (tertiary/aromatic N) is 1. The van der Waals surface area contributed by atoms with Gasteiger partial charge in [0.1, 0.15) is 11.5 Å². The molecule has 1 saturated carbocycles. The average Bonchev–Trinajstić information content (AvgIpc) is 3.27. The highest BCUT2D eigenvalue weighted by Crippen LogP contribution is 2.53. The van der Waals surface area contributed by atoms with Gasteiger partial charge in [-0.15, -0.1) is 0 Å². The summed E-state index contributed by atoms with van der Waals surface area (Å²) in [6, 6.07) is 20.2. The lowest BCUT2D eigenvalue weighted by molar-refractivity contribution is 0.414. The summed E-state index contributed by atoms with van der Waals surface area (Å²) >= 11 is 0. The van der Waals surface area contributed by atoms with E-state index in [0.29, 0.717) is 12.0 Å². The predicted octanol–water partition coefficient (Wildman–Crippen LogP) is 5.64. The van der Waals surface area contributed by atoms with Gasteiger partial charge in [0.2, 0.25) is 0 Å². The zero-order valence-electron chi connectivity index (χ0n) is 15.2. The number of hydrogen-bond acceptors (Lipinski definition) is 3. The minimum Gasteiger partial charge on any atom is -0.497 e. The summed E-state index contributed by atoms with van der Waals surface area (Å²) in [5.74, 6) is 2.48. The molecule has 0 N–H and O–H groups in total. The molecule has 0 radical (unpaired) electrons. The van der Waals surface area contributed by atoms with Gasteiger partial charge in [-0.1, -0.05) is 18.6 Å². The smallest absolute Gasteiger partial charge is 0.119 e. The monoisotopic (exact) mass is 345 g/mol.